The SMILES string of the molecule is CNCC(C)(C)CN(CCOC)CC(C)C. The maximum Gasteiger partial charge on any atom is 0.0589 e. The monoisotopic (exact) mass is 230 g/mol. The summed E-state index contributed by atoms with van der Waals surface area (Å²) in [5, 5.41) is 3.26. The van der Waals surface area contributed by atoms with E-state index in [0.29, 0.717) is 11.3 Å². The molecule has 0 saturated heterocycles. The molecular formula is C13H30N2O. The fourth-order valence-corrected chi connectivity index (χ4v) is 2.11. The molecule has 0 amide bonds. The molecule has 0 heterocycles. The highest BCUT2D eigenvalue weighted by atomic mass is 16.5. The molecule has 0 bridgehead atoms. The molecule has 98 valence electrons. The van der Waals surface area contributed by atoms with Gasteiger partial charge in [0.2, 0.25) is 0 Å². The molecule has 1 N–H and O–H groups in total. The van der Waals surface area contributed by atoms with Crippen molar-refractivity contribution in [3.8, 4) is 0 Å². The molecule has 0 rings (SSSR count). The zero-order valence-electron chi connectivity index (χ0n) is 12.0. The summed E-state index contributed by atoms with van der Waals surface area (Å²) >= 11 is 0. The van der Waals surface area contributed by atoms with E-state index < -0.39 is 0 Å². The smallest absolute Gasteiger partial charge is 0.0589 e. The molecule has 0 unspecified atom stereocenters. The van der Waals surface area contributed by atoms with Crippen molar-refractivity contribution < 1.29 is 4.74 Å². The molecule has 0 aromatic carbocycles. The Morgan fingerprint density at radius 3 is 2.38 bits per heavy atom. The van der Waals surface area contributed by atoms with Crippen LogP contribution in [0, 0.1) is 11.3 Å². The van der Waals surface area contributed by atoms with Crippen molar-refractivity contribution in [1.82, 2.24) is 10.2 Å². The minimum atomic E-state index is 0.317. The lowest BCUT2D eigenvalue weighted by atomic mass is 9.92. The highest BCUT2D eigenvalue weighted by molar-refractivity contribution is 4.76. The van der Waals surface area contributed by atoms with Crippen molar-refractivity contribution in [2.75, 3.05) is 46.9 Å². The van der Waals surface area contributed by atoms with E-state index in [4.69, 9.17) is 4.74 Å². The lowest BCUT2D eigenvalue weighted by molar-refractivity contribution is 0.109. The van der Waals surface area contributed by atoms with E-state index in [1.165, 1.54) is 0 Å². The van der Waals surface area contributed by atoms with E-state index in [-0.39, 0.29) is 0 Å². The van der Waals surface area contributed by atoms with Gasteiger partial charge in [0.25, 0.3) is 0 Å². The Morgan fingerprint density at radius 1 is 1.31 bits per heavy atom. The first-order valence-electron chi connectivity index (χ1n) is 6.27. The zero-order chi connectivity index (χ0) is 12.6. The van der Waals surface area contributed by atoms with Crippen LogP contribution in [-0.4, -0.2) is 51.8 Å². The van der Waals surface area contributed by atoms with Crippen LogP contribution in [0.15, 0.2) is 0 Å². The maximum absolute atomic E-state index is 5.17. The lowest BCUT2D eigenvalue weighted by Crippen LogP contribution is -2.42. The van der Waals surface area contributed by atoms with Gasteiger partial charge in [-0.05, 0) is 18.4 Å². The van der Waals surface area contributed by atoms with E-state index in [1.54, 1.807) is 7.11 Å². The third-order valence-corrected chi connectivity index (χ3v) is 2.54. The van der Waals surface area contributed by atoms with Gasteiger partial charge in [-0.2, -0.15) is 0 Å². The zero-order valence-corrected chi connectivity index (χ0v) is 12.0. The van der Waals surface area contributed by atoms with Crippen LogP contribution >= 0.6 is 0 Å². The van der Waals surface area contributed by atoms with Gasteiger partial charge in [0.05, 0.1) is 6.61 Å². The Hall–Kier alpha value is -0.120. The molecule has 0 saturated carbocycles. The number of ether oxygens (including phenoxy) is 1. The predicted octanol–water partition coefficient (Wildman–Crippen LogP) is 1.84. The molecule has 0 aliphatic heterocycles. The molecule has 0 radical (unpaired) electrons. The number of hydrogen-bond acceptors (Lipinski definition) is 3. The number of hydrogen-bond donors (Lipinski definition) is 1. The van der Waals surface area contributed by atoms with Crippen molar-refractivity contribution in [2.24, 2.45) is 11.3 Å². The second-order valence-electron chi connectivity index (χ2n) is 5.82. The topological polar surface area (TPSA) is 24.5 Å². The highest BCUT2D eigenvalue weighted by Crippen LogP contribution is 2.16. The first-order valence-corrected chi connectivity index (χ1v) is 6.27. The second kappa shape index (κ2) is 8.04. The van der Waals surface area contributed by atoms with Crippen LogP contribution in [0.25, 0.3) is 0 Å². The van der Waals surface area contributed by atoms with E-state index in [9.17, 15) is 0 Å². The van der Waals surface area contributed by atoms with Gasteiger partial charge in [-0.3, -0.25) is 0 Å². The molecule has 0 aromatic heterocycles. The van der Waals surface area contributed by atoms with Crippen molar-refractivity contribution >= 4 is 0 Å². The molecule has 0 spiro atoms. The normalized spacial score (nSPS) is 12.8. The fourth-order valence-electron chi connectivity index (χ4n) is 2.11. The molecule has 0 aliphatic rings. The number of rotatable bonds is 9. The van der Waals surface area contributed by atoms with Crippen molar-refractivity contribution in [3.63, 3.8) is 0 Å². The summed E-state index contributed by atoms with van der Waals surface area (Å²) in [6, 6.07) is 0. The van der Waals surface area contributed by atoms with Gasteiger partial charge in [-0.25, -0.2) is 0 Å². The van der Waals surface area contributed by atoms with Gasteiger partial charge in [-0.1, -0.05) is 27.7 Å². The molecule has 0 atom stereocenters. The second-order valence-corrected chi connectivity index (χ2v) is 5.82. The average molecular weight is 230 g/mol. The van der Waals surface area contributed by atoms with Crippen LogP contribution in [0.4, 0.5) is 0 Å². The summed E-state index contributed by atoms with van der Waals surface area (Å²) in [6.45, 7) is 14.3. The Labute approximate surface area is 102 Å². The van der Waals surface area contributed by atoms with Crippen LogP contribution in [0.1, 0.15) is 27.7 Å². The van der Waals surface area contributed by atoms with Gasteiger partial charge in [0.1, 0.15) is 0 Å². The standard InChI is InChI=1S/C13H30N2O/c1-12(2)9-15(7-8-16-6)11-13(3,4)10-14-5/h12,14H,7-11H2,1-6H3. The van der Waals surface area contributed by atoms with Gasteiger partial charge in [-0.15, -0.1) is 0 Å². The summed E-state index contributed by atoms with van der Waals surface area (Å²) in [6.07, 6.45) is 0. The van der Waals surface area contributed by atoms with Crippen LogP contribution in [-0.2, 0) is 4.74 Å². The van der Waals surface area contributed by atoms with Gasteiger partial charge < -0.3 is 15.0 Å². The van der Waals surface area contributed by atoms with Crippen molar-refractivity contribution in [2.45, 2.75) is 27.7 Å². The Morgan fingerprint density at radius 2 is 1.94 bits per heavy atom. The van der Waals surface area contributed by atoms with E-state index in [0.717, 1.165) is 32.8 Å². The molecule has 0 fully saturated rings. The lowest BCUT2D eigenvalue weighted by Gasteiger charge is -2.33. The molecule has 3 nitrogen and oxygen atoms in total. The van der Waals surface area contributed by atoms with E-state index in [2.05, 4.69) is 37.9 Å². The molecule has 0 aliphatic carbocycles. The van der Waals surface area contributed by atoms with Crippen LogP contribution in [0.2, 0.25) is 0 Å². The Bertz CT molecular complexity index is 169. The summed E-state index contributed by atoms with van der Waals surface area (Å²) in [4.78, 5) is 2.51. The van der Waals surface area contributed by atoms with Gasteiger partial charge in [0, 0.05) is 33.3 Å². The third-order valence-electron chi connectivity index (χ3n) is 2.54. The van der Waals surface area contributed by atoms with Crippen LogP contribution < -0.4 is 5.32 Å². The Balaban J connectivity index is 4.17. The average Bonchev–Trinajstić information content (AvgIpc) is 2.12. The Kier molecular flexibility index (Phi) is 7.98. The summed E-state index contributed by atoms with van der Waals surface area (Å²) in [7, 11) is 3.79. The summed E-state index contributed by atoms with van der Waals surface area (Å²) in [5.74, 6) is 0.710. The van der Waals surface area contributed by atoms with Gasteiger partial charge >= 0.3 is 0 Å². The minimum absolute atomic E-state index is 0.317. The summed E-state index contributed by atoms with van der Waals surface area (Å²) in [5.41, 5.74) is 0.317. The van der Waals surface area contributed by atoms with Crippen LogP contribution in [0.3, 0.4) is 0 Å². The van der Waals surface area contributed by atoms with E-state index >= 15 is 0 Å². The molecule has 3 heteroatoms. The highest BCUT2D eigenvalue weighted by Gasteiger charge is 2.21. The van der Waals surface area contributed by atoms with Crippen molar-refractivity contribution in [1.29, 1.82) is 0 Å². The maximum atomic E-state index is 5.17. The molecule has 16 heavy (non-hydrogen) atoms. The molecular weight excluding hydrogens is 200 g/mol. The largest absolute Gasteiger partial charge is 0.383 e. The minimum Gasteiger partial charge on any atom is -0.383 e. The first-order chi connectivity index (χ1) is 7.41. The molecule has 0 aromatic rings. The van der Waals surface area contributed by atoms with Crippen LogP contribution in [0.5, 0.6) is 0 Å². The predicted molar refractivity (Wildman–Crippen MR) is 70.9 cm³/mol. The van der Waals surface area contributed by atoms with Crippen molar-refractivity contribution in [3.05, 3.63) is 0 Å². The number of methoxy groups -OCH3 is 1. The first kappa shape index (κ1) is 15.9. The van der Waals surface area contributed by atoms with E-state index in [1.807, 2.05) is 7.05 Å². The summed E-state index contributed by atoms with van der Waals surface area (Å²) < 4.78 is 5.17. The third kappa shape index (κ3) is 8.08. The number of nitrogens with one attached hydrogen (secondary N) is 1. The number of nitrogens with zero attached hydrogens (tertiary/aromatic N) is 1. The van der Waals surface area contributed by atoms with Gasteiger partial charge in [0.15, 0.2) is 0 Å². The quantitative estimate of drug-likeness (QED) is 0.654. The fraction of sp³-hybridized carbons (Fsp3) is 1.00.